The molecule has 6 heteroatoms. The minimum absolute atomic E-state index is 0.0493. The highest BCUT2D eigenvalue weighted by atomic mass is 16.5. The number of benzene rings is 1. The van der Waals surface area contributed by atoms with Gasteiger partial charge in [0.25, 0.3) is 5.91 Å². The van der Waals surface area contributed by atoms with E-state index in [4.69, 9.17) is 9.47 Å². The van der Waals surface area contributed by atoms with Crippen LogP contribution in [0.15, 0.2) is 42.7 Å². The zero-order valence-electron chi connectivity index (χ0n) is 13.9. The number of hydrogen-bond acceptors (Lipinski definition) is 5. The summed E-state index contributed by atoms with van der Waals surface area (Å²) < 4.78 is 10.6. The van der Waals surface area contributed by atoms with Crippen LogP contribution in [0.1, 0.15) is 22.0 Å². The van der Waals surface area contributed by atoms with Gasteiger partial charge in [-0.3, -0.25) is 9.78 Å². The molecule has 1 atom stereocenters. The van der Waals surface area contributed by atoms with E-state index in [0.717, 1.165) is 12.1 Å². The summed E-state index contributed by atoms with van der Waals surface area (Å²) >= 11 is 0. The molecule has 1 saturated heterocycles. The lowest BCUT2D eigenvalue weighted by Gasteiger charge is -2.36. The molecule has 0 aliphatic carbocycles. The third-order valence-corrected chi connectivity index (χ3v) is 4.21. The molecule has 0 saturated carbocycles. The van der Waals surface area contributed by atoms with Crippen LogP contribution in [0, 0.1) is 0 Å². The molecule has 0 spiro atoms. The van der Waals surface area contributed by atoms with Crippen LogP contribution in [0.2, 0.25) is 0 Å². The number of nitrogens with zero attached hydrogens (tertiary/aromatic N) is 2. The molecule has 126 valence electrons. The van der Waals surface area contributed by atoms with Gasteiger partial charge in [-0.2, -0.15) is 0 Å². The van der Waals surface area contributed by atoms with Gasteiger partial charge in [0.05, 0.1) is 25.8 Å². The highest BCUT2D eigenvalue weighted by Crippen LogP contribution is 2.29. The summed E-state index contributed by atoms with van der Waals surface area (Å²) in [4.78, 5) is 19.2. The second kappa shape index (κ2) is 7.31. The van der Waals surface area contributed by atoms with Crippen molar-refractivity contribution in [1.29, 1.82) is 0 Å². The Morgan fingerprint density at radius 2 is 2.17 bits per heavy atom. The summed E-state index contributed by atoms with van der Waals surface area (Å²) in [5, 5.41) is 3.34. The molecule has 1 aliphatic rings. The van der Waals surface area contributed by atoms with E-state index in [0.29, 0.717) is 30.2 Å². The van der Waals surface area contributed by atoms with Crippen LogP contribution in [-0.2, 0) is 0 Å². The molecule has 3 rings (SSSR count). The molecule has 2 aromatic rings. The fourth-order valence-corrected chi connectivity index (χ4v) is 2.95. The number of pyridine rings is 1. The summed E-state index contributed by atoms with van der Waals surface area (Å²) in [7, 11) is 3.15. The van der Waals surface area contributed by atoms with Gasteiger partial charge in [-0.25, -0.2) is 0 Å². The monoisotopic (exact) mass is 327 g/mol. The van der Waals surface area contributed by atoms with Gasteiger partial charge < -0.3 is 19.7 Å². The molecular weight excluding hydrogens is 306 g/mol. The molecule has 24 heavy (non-hydrogen) atoms. The number of nitrogens with one attached hydrogen (secondary N) is 1. The summed E-state index contributed by atoms with van der Waals surface area (Å²) in [5.74, 6) is 1.13. The Balaban J connectivity index is 1.92. The van der Waals surface area contributed by atoms with E-state index >= 15 is 0 Å². The van der Waals surface area contributed by atoms with E-state index in [2.05, 4.69) is 10.3 Å². The lowest BCUT2D eigenvalue weighted by atomic mass is 10.0. The van der Waals surface area contributed by atoms with Crippen molar-refractivity contribution in [2.45, 2.75) is 6.04 Å². The fourth-order valence-electron chi connectivity index (χ4n) is 2.95. The molecule has 1 N–H and O–H groups in total. The zero-order chi connectivity index (χ0) is 16.9. The highest BCUT2D eigenvalue weighted by Gasteiger charge is 2.30. The molecule has 1 aliphatic heterocycles. The topological polar surface area (TPSA) is 63.7 Å². The lowest BCUT2D eigenvalue weighted by Crippen LogP contribution is -2.48. The van der Waals surface area contributed by atoms with E-state index < -0.39 is 0 Å². The van der Waals surface area contributed by atoms with Crippen LogP contribution in [0.25, 0.3) is 0 Å². The summed E-state index contributed by atoms with van der Waals surface area (Å²) in [6.45, 7) is 2.10. The van der Waals surface area contributed by atoms with E-state index in [1.54, 1.807) is 38.6 Å². The fraction of sp³-hybridized carbons (Fsp3) is 0.333. The first kappa shape index (κ1) is 16.3. The number of carbonyl (C=O) groups is 1. The average Bonchev–Trinajstić information content (AvgIpc) is 2.67. The van der Waals surface area contributed by atoms with Crippen LogP contribution in [0.3, 0.4) is 0 Å². The standard InChI is InChI=1S/C18H21N3O3/c1-23-14-5-6-15(17(10-14)24-2)18(22)21-9-8-20-12-16(21)13-4-3-7-19-11-13/h3-7,10-11,16,20H,8-9,12H2,1-2H3. The number of carbonyl (C=O) groups excluding carboxylic acids is 1. The number of methoxy groups -OCH3 is 2. The number of piperazine rings is 1. The second-order valence-corrected chi connectivity index (χ2v) is 5.57. The quantitative estimate of drug-likeness (QED) is 0.929. The van der Waals surface area contributed by atoms with Gasteiger partial charge in [-0.1, -0.05) is 6.07 Å². The highest BCUT2D eigenvalue weighted by molar-refractivity contribution is 5.97. The predicted molar refractivity (Wildman–Crippen MR) is 90.4 cm³/mol. The van der Waals surface area contributed by atoms with Gasteiger partial charge in [0.15, 0.2) is 0 Å². The van der Waals surface area contributed by atoms with Gasteiger partial charge in [0, 0.05) is 38.1 Å². The van der Waals surface area contributed by atoms with Gasteiger partial charge in [-0.05, 0) is 23.8 Å². The Hall–Kier alpha value is -2.60. The minimum Gasteiger partial charge on any atom is -0.497 e. The minimum atomic E-state index is -0.0511. The molecule has 0 bridgehead atoms. The molecule has 1 unspecified atom stereocenters. The van der Waals surface area contributed by atoms with E-state index in [9.17, 15) is 4.79 Å². The SMILES string of the molecule is COc1ccc(C(=O)N2CCNCC2c2cccnc2)c(OC)c1. The Morgan fingerprint density at radius 3 is 2.88 bits per heavy atom. The van der Waals surface area contributed by atoms with Crippen molar-refractivity contribution in [3.05, 3.63) is 53.9 Å². The zero-order valence-corrected chi connectivity index (χ0v) is 13.9. The van der Waals surface area contributed by atoms with Crippen LogP contribution in [0.4, 0.5) is 0 Å². The number of hydrogen-bond donors (Lipinski definition) is 1. The largest absolute Gasteiger partial charge is 0.497 e. The van der Waals surface area contributed by atoms with Gasteiger partial charge in [0.1, 0.15) is 11.5 Å². The molecule has 6 nitrogen and oxygen atoms in total. The first-order chi connectivity index (χ1) is 11.7. The Bertz CT molecular complexity index is 706. The third-order valence-electron chi connectivity index (χ3n) is 4.21. The molecule has 2 heterocycles. The lowest BCUT2D eigenvalue weighted by molar-refractivity contribution is 0.0630. The molecular formula is C18H21N3O3. The number of amides is 1. The smallest absolute Gasteiger partial charge is 0.258 e. The van der Waals surface area contributed by atoms with Crippen molar-refractivity contribution in [3.63, 3.8) is 0 Å². The van der Waals surface area contributed by atoms with Crippen molar-refractivity contribution in [2.75, 3.05) is 33.9 Å². The first-order valence-corrected chi connectivity index (χ1v) is 7.88. The van der Waals surface area contributed by atoms with Gasteiger partial charge in [-0.15, -0.1) is 0 Å². The Kier molecular flexibility index (Phi) is 4.96. The van der Waals surface area contributed by atoms with Gasteiger partial charge in [0.2, 0.25) is 0 Å². The maximum Gasteiger partial charge on any atom is 0.258 e. The third kappa shape index (κ3) is 3.19. The average molecular weight is 327 g/mol. The number of ether oxygens (including phenoxy) is 2. The predicted octanol–water partition coefficient (Wildman–Crippen LogP) is 1.89. The van der Waals surface area contributed by atoms with Crippen molar-refractivity contribution in [1.82, 2.24) is 15.2 Å². The van der Waals surface area contributed by atoms with Crippen LogP contribution in [0.5, 0.6) is 11.5 Å². The Labute approximate surface area is 141 Å². The molecule has 1 amide bonds. The van der Waals surface area contributed by atoms with Crippen LogP contribution >= 0.6 is 0 Å². The maximum absolute atomic E-state index is 13.1. The molecule has 1 aromatic carbocycles. The van der Waals surface area contributed by atoms with E-state index in [-0.39, 0.29) is 11.9 Å². The molecule has 1 fully saturated rings. The van der Waals surface area contributed by atoms with Crippen LogP contribution in [-0.4, -0.2) is 49.6 Å². The van der Waals surface area contributed by atoms with E-state index in [1.807, 2.05) is 23.2 Å². The molecule has 0 radical (unpaired) electrons. The van der Waals surface area contributed by atoms with Crippen molar-refractivity contribution < 1.29 is 14.3 Å². The van der Waals surface area contributed by atoms with E-state index in [1.165, 1.54) is 0 Å². The van der Waals surface area contributed by atoms with Crippen molar-refractivity contribution >= 4 is 5.91 Å². The maximum atomic E-state index is 13.1. The first-order valence-electron chi connectivity index (χ1n) is 7.88. The number of rotatable bonds is 4. The summed E-state index contributed by atoms with van der Waals surface area (Å²) in [5.41, 5.74) is 1.56. The van der Waals surface area contributed by atoms with Crippen LogP contribution < -0.4 is 14.8 Å². The summed E-state index contributed by atoms with van der Waals surface area (Å²) in [6, 6.07) is 9.09. The van der Waals surface area contributed by atoms with Crippen molar-refractivity contribution in [2.24, 2.45) is 0 Å². The number of aromatic nitrogens is 1. The summed E-state index contributed by atoms with van der Waals surface area (Å²) in [6.07, 6.45) is 3.54. The normalized spacial score (nSPS) is 17.4. The second-order valence-electron chi connectivity index (χ2n) is 5.57. The van der Waals surface area contributed by atoms with Crippen molar-refractivity contribution in [3.8, 4) is 11.5 Å². The molecule has 1 aromatic heterocycles. The Morgan fingerprint density at radius 1 is 1.29 bits per heavy atom. The van der Waals surface area contributed by atoms with Gasteiger partial charge >= 0.3 is 0 Å².